The summed E-state index contributed by atoms with van der Waals surface area (Å²) in [4.78, 5) is 25.2. The predicted molar refractivity (Wildman–Crippen MR) is 104 cm³/mol. The Kier molecular flexibility index (Phi) is 6.73. The lowest BCUT2D eigenvalue weighted by atomic mass is 10.1. The Bertz CT molecular complexity index is 812. The van der Waals surface area contributed by atoms with E-state index in [2.05, 4.69) is 10.6 Å². The average Bonchev–Trinajstić information content (AvgIpc) is 2.68. The van der Waals surface area contributed by atoms with Gasteiger partial charge >= 0.3 is 0 Å². The highest BCUT2D eigenvalue weighted by atomic mass is 16.5. The van der Waals surface area contributed by atoms with Crippen LogP contribution in [0, 0.1) is 0 Å². The maximum Gasteiger partial charge on any atom is 0.268 e. The van der Waals surface area contributed by atoms with E-state index in [0.29, 0.717) is 11.3 Å². The lowest BCUT2D eigenvalue weighted by Gasteiger charge is -2.24. The average molecular weight is 368 g/mol. The Morgan fingerprint density at radius 1 is 1.07 bits per heavy atom. The number of nitrogens with one attached hydrogen (secondary N) is 2. The fourth-order valence-corrected chi connectivity index (χ4v) is 2.22. The number of amides is 2. The molecule has 0 aliphatic heterocycles. The van der Waals surface area contributed by atoms with Gasteiger partial charge in [0.15, 0.2) is 0 Å². The number of hydrogen-bond acceptors (Lipinski definition) is 4. The Morgan fingerprint density at radius 3 is 2.26 bits per heavy atom. The first-order chi connectivity index (χ1) is 12.8. The normalized spacial score (nSPS) is 11.6. The molecule has 142 valence electrons. The van der Waals surface area contributed by atoms with Crippen LogP contribution < -0.4 is 15.4 Å². The van der Waals surface area contributed by atoms with Crippen molar-refractivity contribution in [3.8, 4) is 5.75 Å². The van der Waals surface area contributed by atoms with Gasteiger partial charge in [-0.3, -0.25) is 9.59 Å². The van der Waals surface area contributed by atoms with Gasteiger partial charge in [0.2, 0.25) is 0 Å². The van der Waals surface area contributed by atoms with E-state index in [4.69, 9.17) is 4.74 Å². The molecule has 0 saturated heterocycles. The molecule has 0 saturated carbocycles. The molecule has 6 nitrogen and oxygen atoms in total. The first-order valence-electron chi connectivity index (χ1n) is 8.50. The third-order valence-corrected chi connectivity index (χ3v) is 3.80. The zero-order chi connectivity index (χ0) is 19.9. The van der Waals surface area contributed by atoms with Crippen LogP contribution in [0.3, 0.4) is 0 Å². The standard InChI is InChI=1S/C21H24N2O4/c1-21(2,14-24)23-20(26)18(13-15-9-11-17(27-3)12-10-15)22-19(25)16-7-5-4-6-8-16/h4-13,24H,14H2,1-3H3,(H,22,25)(H,23,26). The minimum atomic E-state index is -0.826. The molecular formula is C21H24N2O4. The van der Waals surface area contributed by atoms with E-state index in [1.54, 1.807) is 81.6 Å². The molecule has 6 heteroatoms. The molecule has 0 radical (unpaired) electrons. The molecule has 3 N–H and O–H groups in total. The highest BCUT2D eigenvalue weighted by molar-refractivity contribution is 6.05. The predicted octanol–water partition coefficient (Wildman–Crippen LogP) is 2.35. The lowest BCUT2D eigenvalue weighted by Crippen LogP contribution is -2.48. The summed E-state index contributed by atoms with van der Waals surface area (Å²) in [5, 5.41) is 14.8. The first kappa shape index (κ1) is 20.2. The highest BCUT2D eigenvalue weighted by Gasteiger charge is 2.22. The molecule has 2 amide bonds. The van der Waals surface area contributed by atoms with Gasteiger partial charge in [0, 0.05) is 5.56 Å². The Labute approximate surface area is 158 Å². The molecule has 2 rings (SSSR count). The van der Waals surface area contributed by atoms with E-state index in [-0.39, 0.29) is 12.3 Å². The summed E-state index contributed by atoms with van der Waals surface area (Å²) in [5.41, 5.74) is 0.409. The van der Waals surface area contributed by atoms with Gasteiger partial charge in [0.05, 0.1) is 19.3 Å². The van der Waals surface area contributed by atoms with Crippen LogP contribution in [0.5, 0.6) is 5.75 Å². The van der Waals surface area contributed by atoms with Crippen molar-refractivity contribution in [3.05, 3.63) is 71.4 Å². The van der Waals surface area contributed by atoms with E-state index < -0.39 is 17.4 Å². The summed E-state index contributed by atoms with van der Waals surface area (Å²) in [6.45, 7) is 3.14. The molecule has 0 unspecified atom stereocenters. The number of carbonyl (C=O) groups is 2. The number of hydrogen-bond donors (Lipinski definition) is 3. The van der Waals surface area contributed by atoms with Crippen LogP contribution in [0.15, 0.2) is 60.3 Å². The number of ether oxygens (including phenoxy) is 1. The number of rotatable bonds is 7. The Hall–Kier alpha value is -3.12. The van der Waals surface area contributed by atoms with E-state index >= 15 is 0 Å². The molecule has 27 heavy (non-hydrogen) atoms. The third kappa shape index (κ3) is 5.97. The summed E-state index contributed by atoms with van der Waals surface area (Å²) in [7, 11) is 1.57. The summed E-state index contributed by atoms with van der Waals surface area (Å²) in [6.07, 6.45) is 1.57. The zero-order valence-corrected chi connectivity index (χ0v) is 15.7. The maximum atomic E-state index is 12.7. The van der Waals surface area contributed by atoms with Crippen LogP contribution in [0.4, 0.5) is 0 Å². The topological polar surface area (TPSA) is 87.7 Å². The molecule has 0 spiro atoms. The SMILES string of the molecule is COc1ccc(C=C(NC(=O)c2ccccc2)C(=O)NC(C)(C)CO)cc1. The van der Waals surface area contributed by atoms with Crippen molar-refractivity contribution in [2.45, 2.75) is 19.4 Å². The Morgan fingerprint density at radius 2 is 1.70 bits per heavy atom. The van der Waals surface area contributed by atoms with E-state index in [1.807, 2.05) is 0 Å². The van der Waals surface area contributed by atoms with Gasteiger partial charge in [0.25, 0.3) is 11.8 Å². The van der Waals surface area contributed by atoms with Gasteiger partial charge in [-0.2, -0.15) is 0 Å². The largest absolute Gasteiger partial charge is 0.497 e. The number of benzene rings is 2. The zero-order valence-electron chi connectivity index (χ0n) is 15.7. The second-order valence-electron chi connectivity index (χ2n) is 6.65. The first-order valence-corrected chi connectivity index (χ1v) is 8.50. The van der Waals surface area contributed by atoms with Crippen LogP contribution in [0.25, 0.3) is 6.08 Å². The molecule has 0 heterocycles. The van der Waals surface area contributed by atoms with Crippen LogP contribution in [-0.4, -0.2) is 36.2 Å². The van der Waals surface area contributed by atoms with Crippen LogP contribution in [0.2, 0.25) is 0 Å². The smallest absolute Gasteiger partial charge is 0.268 e. The van der Waals surface area contributed by atoms with Gasteiger partial charge in [-0.05, 0) is 49.8 Å². The third-order valence-electron chi connectivity index (χ3n) is 3.80. The molecule has 0 aliphatic carbocycles. The highest BCUT2D eigenvalue weighted by Crippen LogP contribution is 2.14. The van der Waals surface area contributed by atoms with Crippen molar-refractivity contribution in [2.24, 2.45) is 0 Å². The maximum absolute atomic E-state index is 12.7. The Balaban J connectivity index is 2.30. The molecule has 0 aromatic heterocycles. The molecule has 0 aliphatic rings. The number of aliphatic hydroxyl groups is 1. The fraction of sp³-hybridized carbons (Fsp3) is 0.238. The van der Waals surface area contributed by atoms with E-state index in [1.165, 1.54) is 0 Å². The quantitative estimate of drug-likeness (QED) is 0.655. The second kappa shape index (κ2) is 9.00. The van der Waals surface area contributed by atoms with Crippen molar-refractivity contribution in [1.29, 1.82) is 0 Å². The summed E-state index contributed by atoms with van der Waals surface area (Å²) >= 11 is 0. The molecule has 2 aromatic rings. The van der Waals surface area contributed by atoms with Gasteiger partial charge in [-0.15, -0.1) is 0 Å². The van der Waals surface area contributed by atoms with Crippen molar-refractivity contribution < 1.29 is 19.4 Å². The molecular weight excluding hydrogens is 344 g/mol. The van der Waals surface area contributed by atoms with Crippen LogP contribution in [0.1, 0.15) is 29.8 Å². The van der Waals surface area contributed by atoms with Gasteiger partial charge in [-0.25, -0.2) is 0 Å². The summed E-state index contributed by atoms with van der Waals surface area (Å²) < 4.78 is 5.13. The number of methoxy groups -OCH3 is 1. The minimum absolute atomic E-state index is 0.0792. The number of carbonyl (C=O) groups excluding carboxylic acids is 2. The minimum Gasteiger partial charge on any atom is -0.497 e. The van der Waals surface area contributed by atoms with Crippen molar-refractivity contribution in [2.75, 3.05) is 13.7 Å². The summed E-state index contributed by atoms with van der Waals surface area (Å²) in [5.74, 6) is -0.200. The van der Waals surface area contributed by atoms with Gasteiger partial charge in [0.1, 0.15) is 11.4 Å². The van der Waals surface area contributed by atoms with Crippen molar-refractivity contribution in [3.63, 3.8) is 0 Å². The fourth-order valence-electron chi connectivity index (χ4n) is 2.22. The van der Waals surface area contributed by atoms with Crippen molar-refractivity contribution >= 4 is 17.9 Å². The van der Waals surface area contributed by atoms with Gasteiger partial charge in [-0.1, -0.05) is 30.3 Å². The monoisotopic (exact) mass is 368 g/mol. The summed E-state index contributed by atoms with van der Waals surface area (Å²) in [6, 6.07) is 15.7. The van der Waals surface area contributed by atoms with E-state index in [0.717, 1.165) is 5.56 Å². The van der Waals surface area contributed by atoms with Crippen LogP contribution in [-0.2, 0) is 4.79 Å². The molecule has 0 atom stereocenters. The van der Waals surface area contributed by atoms with Crippen LogP contribution >= 0.6 is 0 Å². The van der Waals surface area contributed by atoms with E-state index in [9.17, 15) is 14.7 Å². The van der Waals surface area contributed by atoms with Gasteiger partial charge < -0.3 is 20.5 Å². The molecule has 0 bridgehead atoms. The van der Waals surface area contributed by atoms with Crippen molar-refractivity contribution in [1.82, 2.24) is 10.6 Å². The molecule has 0 fully saturated rings. The molecule has 2 aromatic carbocycles. The second-order valence-corrected chi connectivity index (χ2v) is 6.65. The number of aliphatic hydroxyl groups excluding tert-OH is 1. The lowest BCUT2D eigenvalue weighted by molar-refractivity contribution is -0.119.